The van der Waals surface area contributed by atoms with E-state index in [4.69, 9.17) is 0 Å². The van der Waals surface area contributed by atoms with Crippen molar-refractivity contribution in [2.24, 2.45) is 5.92 Å². The normalized spacial score (nSPS) is 12.2. The van der Waals surface area contributed by atoms with Gasteiger partial charge in [0.05, 0.1) is 0 Å². The third-order valence-electron chi connectivity index (χ3n) is 3.16. The van der Waals surface area contributed by atoms with E-state index in [1.807, 2.05) is 18.2 Å². The fourth-order valence-electron chi connectivity index (χ4n) is 2.43. The number of hydrogen-bond acceptors (Lipinski definition) is 2. The molecule has 2 rings (SSSR count). The van der Waals surface area contributed by atoms with Crippen LogP contribution in [0.1, 0.15) is 27.2 Å². The van der Waals surface area contributed by atoms with Gasteiger partial charge in [-0.2, -0.15) is 0 Å². The number of rotatable bonds is 6. The van der Waals surface area contributed by atoms with E-state index in [0.29, 0.717) is 12.0 Å². The number of hydrogen-bond donors (Lipinski definition) is 2. The molecule has 0 radical (unpaired) electrons. The lowest BCUT2D eigenvalue weighted by molar-refractivity contribution is 0.540. The minimum Gasteiger partial charge on any atom is -0.383 e. The lowest BCUT2D eigenvalue weighted by atomic mass is 10.1. The Morgan fingerprint density at radius 1 is 0.800 bits per heavy atom. The standard InChI is InChI=1S/C18H24N2/c1-14(2)12-15(3)19-17-10-7-11-18(13-17)20-16-8-5-4-6-9-16/h4-11,13-15,19-20H,12H2,1-3H3. The maximum atomic E-state index is 3.56. The van der Waals surface area contributed by atoms with E-state index in [1.54, 1.807) is 0 Å². The van der Waals surface area contributed by atoms with Gasteiger partial charge in [-0.1, -0.05) is 38.1 Å². The summed E-state index contributed by atoms with van der Waals surface area (Å²) in [5, 5.41) is 6.98. The largest absolute Gasteiger partial charge is 0.383 e. The van der Waals surface area contributed by atoms with E-state index in [9.17, 15) is 0 Å². The predicted molar refractivity (Wildman–Crippen MR) is 88.7 cm³/mol. The number of para-hydroxylation sites is 1. The Kier molecular flexibility index (Phi) is 5.05. The van der Waals surface area contributed by atoms with Crippen LogP contribution in [0.5, 0.6) is 0 Å². The van der Waals surface area contributed by atoms with Gasteiger partial charge in [-0.25, -0.2) is 0 Å². The predicted octanol–water partition coefficient (Wildman–Crippen LogP) is 5.28. The quantitative estimate of drug-likeness (QED) is 0.745. The van der Waals surface area contributed by atoms with Gasteiger partial charge >= 0.3 is 0 Å². The molecule has 2 aromatic rings. The van der Waals surface area contributed by atoms with Gasteiger partial charge in [0.15, 0.2) is 0 Å². The molecule has 0 aliphatic rings. The lowest BCUT2D eigenvalue weighted by Gasteiger charge is -2.18. The number of nitrogens with one attached hydrogen (secondary N) is 2. The lowest BCUT2D eigenvalue weighted by Crippen LogP contribution is -2.17. The molecule has 2 nitrogen and oxygen atoms in total. The van der Waals surface area contributed by atoms with Crippen molar-refractivity contribution < 1.29 is 0 Å². The Hall–Kier alpha value is -1.96. The van der Waals surface area contributed by atoms with Gasteiger partial charge in [-0.05, 0) is 49.6 Å². The summed E-state index contributed by atoms with van der Waals surface area (Å²) in [5.41, 5.74) is 3.39. The molecule has 2 N–H and O–H groups in total. The smallest absolute Gasteiger partial charge is 0.0404 e. The monoisotopic (exact) mass is 268 g/mol. The zero-order valence-electron chi connectivity index (χ0n) is 12.6. The number of benzene rings is 2. The van der Waals surface area contributed by atoms with Gasteiger partial charge in [0.1, 0.15) is 0 Å². The Balaban J connectivity index is 2.01. The first-order chi connectivity index (χ1) is 9.63. The molecule has 0 saturated heterocycles. The van der Waals surface area contributed by atoms with Gasteiger partial charge in [0.2, 0.25) is 0 Å². The van der Waals surface area contributed by atoms with Crippen LogP contribution in [0.15, 0.2) is 54.6 Å². The summed E-state index contributed by atoms with van der Waals surface area (Å²) in [4.78, 5) is 0. The van der Waals surface area contributed by atoms with Gasteiger partial charge in [-0.3, -0.25) is 0 Å². The maximum absolute atomic E-state index is 3.56. The zero-order valence-corrected chi connectivity index (χ0v) is 12.6. The highest BCUT2D eigenvalue weighted by molar-refractivity contribution is 5.64. The molecule has 0 saturated carbocycles. The Labute approximate surface area is 122 Å². The van der Waals surface area contributed by atoms with E-state index >= 15 is 0 Å². The summed E-state index contributed by atoms with van der Waals surface area (Å²) in [7, 11) is 0. The van der Waals surface area contributed by atoms with Crippen molar-refractivity contribution in [1.82, 2.24) is 0 Å². The summed E-state index contributed by atoms with van der Waals surface area (Å²) in [6, 6.07) is 19.2. The molecule has 0 aliphatic carbocycles. The van der Waals surface area contributed by atoms with E-state index in [1.165, 1.54) is 12.1 Å². The van der Waals surface area contributed by atoms with Crippen molar-refractivity contribution in [1.29, 1.82) is 0 Å². The molecule has 0 bridgehead atoms. The second kappa shape index (κ2) is 6.99. The molecule has 1 atom stereocenters. The maximum Gasteiger partial charge on any atom is 0.0404 e. The molecule has 20 heavy (non-hydrogen) atoms. The van der Waals surface area contributed by atoms with Crippen LogP contribution >= 0.6 is 0 Å². The topological polar surface area (TPSA) is 24.1 Å². The highest BCUT2D eigenvalue weighted by Gasteiger charge is 2.05. The summed E-state index contributed by atoms with van der Waals surface area (Å²) >= 11 is 0. The van der Waals surface area contributed by atoms with Crippen LogP contribution in [0, 0.1) is 5.92 Å². The molecular formula is C18H24N2. The summed E-state index contributed by atoms with van der Waals surface area (Å²) in [6.45, 7) is 6.74. The minimum absolute atomic E-state index is 0.488. The van der Waals surface area contributed by atoms with Gasteiger partial charge in [0, 0.05) is 23.1 Å². The molecule has 0 aliphatic heterocycles. The van der Waals surface area contributed by atoms with Crippen molar-refractivity contribution in [2.45, 2.75) is 33.2 Å². The highest BCUT2D eigenvalue weighted by Crippen LogP contribution is 2.21. The van der Waals surface area contributed by atoms with Crippen LogP contribution in [-0.2, 0) is 0 Å². The van der Waals surface area contributed by atoms with Crippen LogP contribution in [0.25, 0.3) is 0 Å². The van der Waals surface area contributed by atoms with E-state index < -0.39 is 0 Å². The Morgan fingerprint density at radius 3 is 2.15 bits per heavy atom. The molecule has 106 valence electrons. The Morgan fingerprint density at radius 2 is 1.45 bits per heavy atom. The van der Waals surface area contributed by atoms with E-state index in [0.717, 1.165) is 11.4 Å². The van der Waals surface area contributed by atoms with Crippen molar-refractivity contribution in [3.05, 3.63) is 54.6 Å². The molecule has 0 spiro atoms. The van der Waals surface area contributed by atoms with Crippen LogP contribution in [-0.4, -0.2) is 6.04 Å². The second-order valence-electron chi connectivity index (χ2n) is 5.75. The second-order valence-corrected chi connectivity index (χ2v) is 5.75. The fourth-order valence-corrected chi connectivity index (χ4v) is 2.43. The van der Waals surface area contributed by atoms with Crippen LogP contribution in [0.2, 0.25) is 0 Å². The fraction of sp³-hybridized carbons (Fsp3) is 0.333. The summed E-state index contributed by atoms with van der Waals surface area (Å²) in [5.74, 6) is 0.711. The third-order valence-corrected chi connectivity index (χ3v) is 3.16. The average molecular weight is 268 g/mol. The van der Waals surface area contributed by atoms with E-state index in [2.05, 4.69) is 67.8 Å². The van der Waals surface area contributed by atoms with Crippen molar-refractivity contribution >= 4 is 17.1 Å². The Bertz CT molecular complexity index is 520. The average Bonchev–Trinajstić information content (AvgIpc) is 2.39. The summed E-state index contributed by atoms with van der Waals surface area (Å²) in [6.07, 6.45) is 1.18. The van der Waals surface area contributed by atoms with Crippen LogP contribution in [0.3, 0.4) is 0 Å². The molecule has 0 amide bonds. The van der Waals surface area contributed by atoms with Crippen LogP contribution in [0.4, 0.5) is 17.1 Å². The summed E-state index contributed by atoms with van der Waals surface area (Å²) < 4.78 is 0. The van der Waals surface area contributed by atoms with Gasteiger partial charge in [-0.15, -0.1) is 0 Å². The zero-order chi connectivity index (χ0) is 14.4. The van der Waals surface area contributed by atoms with Crippen molar-refractivity contribution in [3.63, 3.8) is 0 Å². The molecule has 2 aromatic carbocycles. The molecular weight excluding hydrogens is 244 g/mol. The molecule has 2 heteroatoms. The minimum atomic E-state index is 0.488. The number of anilines is 3. The first kappa shape index (κ1) is 14.4. The third kappa shape index (κ3) is 4.61. The van der Waals surface area contributed by atoms with E-state index in [-0.39, 0.29) is 0 Å². The molecule has 0 heterocycles. The molecule has 0 fully saturated rings. The van der Waals surface area contributed by atoms with Gasteiger partial charge in [0.25, 0.3) is 0 Å². The van der Waals surface area contributed by atoms with Gasteiger partial charge < -0.3 is 10.6 Å². The van der Waals surface area contributed by atoms with Crippen molar-refractivity contribution in [3.8, 4) is 0 Å². The van der Waals surface area contributed by atoms with Crippen LogP contribution < -0.4 is 10.6 Å². The highest BCUT2D eigenvalue weighted by atomic mass is 14.9. The van der Waals surface area contributed by atoms with Crippen molar-refractivity contribution in [2.75, 3.05) is 10.6 Å². The first-order valence-electron chi connectivity index (χ1n) is 7.32. The first-order valence-corrected chi connectivity index (χ1v) is 7.32. The SMILES string of the molecule is CC(C)CC(C)Nc1cccc(Nc2ccccc2)c1. The molecule has 1 unspecified atom stereocenters. The molecule has 0 aromatic heterocycles.